The summed E-state index contributed by atoms with van der Waals surface area (Å²) in [7, 11) is 0. The van der Waals surface area contributed by atoms with Crippen LogP contribution >= 0.6 is 0 Å². The van der Waals surface area contributed by atoms with Gasteiger partial charge in [-0.2, -0.15) is 0 Å². The summed E-state index contributed by atoms with van der Waals surface area (Å²) >= 11 is 0. The number of hydrogen-bond donors (Lipinski definition) is 2. The van der Waals surface area contributed by atoms with Crippen LogP contribution in [0.3, 0.4) is 0 Å². The van der Waals surface area contributed by atoms with Gasteiger partial charge in [-0.1, -0.05) is 25.7 Å². The van der Waals surface area contributed by atoms with Gasteiger partial charge in [0.1, 0.15) is 0 Å². The maximum absolute atomic E-state index is 7.25. The lowest BCUT2D eigenvalue weighted by Crippen LogP contribution is -1.98. The highest BCUT2D eigenvalue weighted by molar-refractivity contribution is 5.91. The van der Waals surface area contributed by atoms with Gasteiger partial charge in [-0.05, 0) is 36.6 Å². The Morgan fingerprint density at radius 3 is 2.83 bits per heavy atom. The maximum Gasteiger partial charge on any atom is 0.0739 e. The zero-order valence-corrected chi connectivity index (χ0v) is 10.9. The Hall–Kier alpha value is -2.16. The average molecular weight is 241 g/mol. The molecule has 0 unspecified atom stereocenters. The summed E-state index contributed by atoms with van der Waals surface area (Å²) in [5, 5.41) is 7.25. The summed E-state index contributed by atoms with van der Waals surface area (Å²) < 4.78 is 0. The van der Waals surface area contributed by atoms with Crippen molar-refractivity contribution in [3.05, 3.63) is 53.9 Å². The molecule has 0 radical (unpaired) electrons. The molecule has 1 heterocycles. The molecular formula is C15H19N3. The smallest absolute Gasteiger partial charge is 0.0739 e. The molecule has 0 aliphatic carbocycles. The van der Waals surface area contributed by atoms with Crippen LogP contribution in [0.1, 0.15) is 24.6 Å². The van der Waals surface area contributed by atoms with Crippen molar-refractivity contribution in [3.63, 3.8) is 0 Å². The normalized spacial score (nSPS) is 11.8. The highest BCUT2D eigenvalue weighted by atomic mass is 14.7. The molecule has 1 aromatic rings. The monoisotopic (exact) mass is 241 g/mol. The van der Waals surface area contributed by atoms with Crippen LogP contribution in [0.5, 0.6) is 0 Å². The molecule has 94 valence electrons. The van der Waals surface area contributed by atoms with Crippen LogP contribution in [-0.4, -0.2) is 11.2 Å². The van der Waals surface area contributed by atoms with E-state index in [0.29, 0.717) is 5.69 Å². The Morgan fingerprint density at radius 1 is 1.56 bits per heavy atom. The summed E-state index contributed by atoms with van der Waals surface area (Å²) in [6.45, 7) is 8.04. The molecule has 0 bridgehead atoms. The van der Waals surface area contributed by atoms with Crippen LogP contribution in [0, 0.1) is 12.3 Å². The van der Waals surface area contributed by atoms with Crippen molar-refractivity contribution in [2.75, 3.05) is 5.73 Å². The van der Waals surface area contributed by atoms with E-state index in [4.69, 9.17) is 11.1 Å². The Balaban J connectivity index is 3.21. The van der Waals surface area contributed by atoms with E-state index in [1.165, 1.54) is 6.21 Å². The number of hydrogen-bond acceptors (Lipinski definition) is 3. The molecule has 1 rings (SSSR count). The van der Waals surface area contributed by atoms with Gasteiger partial charge >= 0.3 is 0 Å². The minimum absolute atomic E-state index is 0.639. The third-order valence-electron chi connectivity index (χ3n) is 2.51. The molecule has 3 nitrogen and oxygen atoms in total. The average Bonchev–Trinajstić information content (AvgIpc) is 2.34. The van der Waals surface area contributed by atoms with Gasteiger partial charge in [-0.15, -0.1) is 0 Å². The van der Waals surface area contributed by atoms with Crippen LogP contribution in [0.2, 0.25) is 0 Å². The van der Waals surface area contributed by atoms with E-state index in [1.54, 1.807) is 12.3 Å². The predicted octanol–water partition coefficient (Wildman–Crippen LogP) is 3.53. The Labute approximate surface area is 108 Å². The van der Waals surface area contributed by atoms with E-state index in [-0.39, 0.29) is 0 Å². The van der Waals surface area contributed by atoms with Crippen molar-refractivity contribution < 1.29 is 0 Å². The second-order valence-corrected chi connectivity index (χ2v) is 4.02. The van der Waals surface area contributed by atoms with E-state index < -0.39 is 0 Å². The minimum atomic E-state index is 0.639. The second kappa shape index (κ2) is 6.55. The van der Waals surface area contributed by atoms with Crippen LogP contribution < -0.4 is 5.73 Å². The van der Waals surface area contributed by atoms with Crippen LogP contribution in [0.15, 0.2) is 42.6 Å². The second-order valence-electron chi connectivity index (χ2n) is 4.02. The lowest BCUT2D eigenvalue weighted by atomic mass is 9.99. The first-order valence-corrected chi connectivity index (χ1v) is 5.89. The number of aromatic nitrogens is 1. The van der Waals surface area contributed by atoms with Gasteiger partial charge in [0.05, 0.1) is 17.6 Å². The Bertz CT molecular complexity index is 510. The summed E-state index contributed by atoms with van der Waals surface area (Å²) in [5.41, 5.74) is 9.83. The number of nitrogens with one attached hydrogen (secondary N) is 1. The van der Waals surface area contributed by atoms with Crippen LogP contribution in [-0.2, 0) is 0 Å². The maximum atomic E-state index is 7.25. The number of rotatable bonds is 5. The third kappa shape index (κ3) is 3.42. The zero-order chi connectivity index (χ0) is 13.5. The quantitative estimate of drug-likeness (QED) is 0.612. The van der Waals surface area contributed by atoms with E-state index in [0.717, 1.165) is 28.8 Å². The summed E-state index contributed by atoms with van der Waals surface area (Å²) in [4.78, 5) is 4.33. The van der Waals surface area contributed by atoms with Crippen LogP contribution in [0.4, 0.5) is 5.69 Å². The molecule has 0 saturated heterocycles. The zero-order valence-electron chi connectivity index (χ0n) is 10.9. The van der Waals surface area contributed by atoms with Crippen molar-refractivity contribution >= 4 is 17.5 Å². The molecule has 0 aliphatic rings. The van der Waals surface area contributed by atoms with E-state index in [1.807, 2.05) is 25.1 Å². The van der Waals surface area contributed by atoms with E-state index in [9.17, 15) is 0 Å². The van der Waals surface area contributed by atoms with E-state index >= 15 is 0 Å². The van der Waals surface area contributed by atoms with Crippen LogP contribution in [0.25, 0.3) is 5.57 Å². The number of nitrogens with two attached hydrogens (primary N) is 1. The van der Waals surface area contributed by atoms with Gasteiger partial charge in [0.15, 0.2) is 0 Å². The molecule has 3 N–H and O–H groups in total. The lowest BCUT2D eigenvalue weighted by Gasteiger charge is -2.10. The molecule has 0 aliphatic heterocycles. The molecule has 0 aromatic carbocycles. The highest BCUT2D eigenvalue weighted by Crippen LogP contribution is 2.24. The number of anilines is 1. The fourth-order valence-electron chi connectivity index (χ4n) is 1.65. The molecule has 0 amide bonds. The van der Waals surface area contributed by atoms with Gasteiger partial charge in [0, 0.05) is 11.8 Å². The number of nitrogen functional groups attached to an aromatic ring is 1. The number of allylic oxidation sites excluding steroid dienone is 5. The molecule has 18 heavy (non-hydrogen) atoms. The van der Waals surface area contributed by atoms with Crippen molar-refractivity contribution in [3.8, 4) is 0 Å². The molecular weight excluding hydrogens is 222 g/mol. The van der Waals surface area contributed by atoms with Gasteiger partial charge in [0.2, 0.25) is 0 Å². The first-order valence-electron chi connectivity index (χ1n) is 5.89. The topological polar surface area (TPSA) is 62.8 Å². The molecule has 0 spiro atoms. The van der Waals surface area contributed by atoms with Gasteiger partial charge in [0.25, 0.3) is 0 Å². The number of aryl methyl sites for hydroxylation is 1. The van der Waals surface area contributed by atoms with Crippen molar-refractivity contribution in [2.24, 2.45) is 0 Å². The van der Waals surface area contributed by atoms with Gasteiger partial charge in [-0.25, -0.2) is 0 Å². The first-order chi connectivity index (χ1) is 8.60. The number of nitrogens with zero attached hydrogens (tertiary/aromatic N) is 1. The first kappa shape index (κ1) is 13.9. The molecule has 0 saturated carbocycles. The summed E-state index contributed by atoms with van der Waals surface area (Å²) in [5.74, 6) is 0. The lowest BCUT2D eigenvalue weighted by molar-refractivity contribution is 1.21. The Morgan fingerprint density at radius 2 is 2.28 bits per heavy atom. The minimum Gasteiger partial charge on any atom is -0.397 e. The fraction of sp³-hybridized carbons (Fsp3) is 0.200. The molecule has 3 heteroatoms. The van der Waals surface area contributed by atoms with Crippen molar-refractivity contribution in [2.45, 2.75) is 20.3 Å². The van der Waals surface area contributed by atoms with Gasteiger partial charge < -0.3 is 11.1 Å². The highest BCUT2D eigenvalue weighted by Gasteiger charge is 2.08. The van der Waals surface area contributed by atoms with Crippen molar-refractivity contribution in [1.29, 1.82) is 5.41 Å². The third-order valence-corrected chi connectivity index (χ3v) is 2.51. The van der Waals surface area contributed by atoms with E-state index in [2.05, 4.69) is 18.5 Å². The molecule has 1 aromatic heterocycles. The largest absolute Gasteiger partial charge is 0.397 e. The fourth-order valence-corrected chi connectivity index (χ4v) is 1.65. The standard InChI is InChI=1S/C15H19N3/c1-4-5-6-11(2)14(7-8-16)15-12(3)9-13(17)10-18-15/h5-10,16H,2,4,17H2,1,3H3/b6-5?,14-7+,16-8?. The number of pyridine rings is 1. The molecule has 0 fully saturated rings. The molecule has 0 atom stereocenters. The predicted molar refractivity (Wildman–Crippen MR) is 78.7 cm³/mol. The van der Waals surface area contributed by atoms with Crippen molar-refractivity contribution in [1.82, 2.24) is 4.98 Å². The van der Waals surface area contributed by atoms with Gasteiger partial charge in [-0.3, -0.25) is 4.98 Å². The Kier molecular flexibility index (Phi) is 5.06. The SMILES string of the molecule is C=C(C=CCC)/C(=C\C=N)c1ncc(N)cc1C. The summed E-state index contributed by atoms with van der Waals surface area (Å²) in [6.07, 6.45) is 9.51. The summed E-state index contributed by atoms with van der Waals surface area (Å²) in [6, 6.07) is 1.87.